The van der Waals surface area contributed by atoms with Crippen molar-refractivity contribution in [2.45, 2.75) is 57.4 Å². The molecule has 2 rings (SSSR count). The lowest BCUT2D eigenvalue weighted by molar-refractivity contribution is -0.139. The smallest absolute Gasteiger partial charge is 0.305 e. The van der Waals surface area contributed by atoms with Crippen LogP contribution in [0.15, 0.2) is 24.3 Å². The van der Waals surface area contributed by atoms with Crippen LogP contribution < -0.4 is 10.1 Å². The van der Waals surface area contributed by atoms with Crippen molar-refractivity contribution in [2.24, 2.45) is 0 Å². The van der Waals surface area contributed by atoms with Crippen LogP contribution in [0.3, 0.4) is 0 Å². The summed E-state index contributed by atoms with van der Waals surface area (Å²) in [5, 5.41) is 11.9. The quantitative estimate of drug-likeness (QED) is 0.810. The van der Waals surface area contributed by atoms with Crippen LogP contribution in [0.5, 0.6) is 5.75 Å². The Morgan fingerprint density at radius 2 is 2.00 bits per heavy atom. The fraction of sp³-hybridized carbons (Fsp3) is 0.556. The van der Waals surface area contributed by atoms with E-state index < -0.39 is 11.5 Å². The number of benzene rings is 1. The Hall–Kier alpha value is -2.04. The summed E-state index contributed by atoms with van der Waals surface area (Å²) in [7, 11) is 0. The lowest BCUT2D eigenvalue weighted by Gasteiger charge is -2.28. The topological polar surface area (TPSA) is 75.6 Å². The molecule has 1 amide bonds. The zero-order valence-corrected chi connectivity index (χ0v) is 13.8. The number of amides is 1. The van der Waals surface area contributed by atoms with Gasteiger partial charge in [0.15, 0.2) is 6.61 Å². The number of carbonyl (C=O) groups excluding carboxylic acids is 1. The van der Waals surface area contributed by atoms with Crippen molar-refractivity contribution in [2.75, 3.05) is 6.61 Å². The first-order chi connectivity index (χ1) is 10.9. The van der Waals surface area contributed by atoms with E-state index >= 15 is 0 Å². The molecule has 5 heteroatoms. The van der Waals surface area contributed by atoms with Crippen LogP contribution in [0, 0.1) is 0 Å². The molecule has 0 atom stereocenters. The van der Waals surface area contributed by atoms with Gasteiger partial charge in [-0.05, 0) is 36.5 Å². The summed E-state index contributed by atoms with van der Waals surface area (Å²) < 4.78 is 5.56. The number of hydrogen-bond acceptors (Lipinski definition) is 3. The zero-order chi connectivity index (χ0) is 16.9. The average molecular weight is 319 g/mol. The molecule has 1 aliphatic carbocycles. The van der Waals surface area contributed by atoms with E-state index in [2.05, 4.69) is 19.2 Å². The van der Waals surface area contributed by atoms with E-state index in [-0.39, 0.29) is 18.9 Å². The van der Waals surface area contributed by atoms with Gasteiger partial charge >= 0.3 is 5.97 Å². The van der Waals surface area contributed by atoms with Gasteiger partial charge in [-0.25, -0.2) is 0 Å². The molecule has 0 radical (unpaired) electrons. The first-order valence-electron chi connectivity index (χ1n) is 8.16. The van der Waals surface area contributed by atoms with Gasteiger partial charge in [0, 0.05) is 0 Å². The second-order valence-electron chi connectivity index (χ2n) is 6.62. The van der Waals surface area contributed by atoms with Crippen molar-refractivity contribution in [1.82, 2.24) is 5.32 Å². The molecular formula is C18H25NO4. The highest BCUT2D eigenvalue weighted by Crippen LogP contribution is 2.32. The summed E-state index contributed by atoms with van der Waals surface area (Å²) in [6.07, 6.45) is 3.30. The number of carboxylic acids is 1. The monoisotopic (exact) mass is 319 g/mol. The van der Waals surface area contributed by atoms with Crippen LogP contribution in [0.2, 0.25) is 0 Å². The van der Waals surface area contributed by atoms with E-state index in [9.17, 15) is 9.59 Å². The molecule has 0 spiro atoms. The predicted octanol–water partition coefficient (Wildman–Crippen LogP) is 3.09. The van der Waals surface area contributed by atoms with Gasteiger partial charge in [-0.1, -0.05) is 38.8 Å². The number of nitrogens with one attached hydrogen (secondary N) is 1. The van der Waals surface area contributed by atoms with Gasteiger partial charge in [0.1, 0.15) is 5.75 Å². The molecule has 1 fully saturated rings. The fourth-order valence-electron chi connectivity index (χ4n) is 3.13. The van der Waals surface area contributed by atoms with E-state index in [1.165, 1.54) is 0 Å². The molecule has 0 unspecified atom stereocenters. The number of hydrogen-bond donors (Lipinski definition) is 2. The predicted molar refractivity (Wildman–Crippen MR) is 87.6 cm³/mol. The Kier molecular flexibility index (Phi) is 5.64. The Bertz CT molecular complexity index is 562. The van der Waals surface area contributed by atoms with Crippen molar-refractivity contribution in [3.05, 3.63) is 29.8 Å². The Labute approximate surface area is 137 Å². The minimum absolute atomic E-state index is 0.0262. The van der Waals surface area contributed by atoms with Gasteiger partial charge in [0.25, 0.3) is 5.91 Å². The SMILES string of the molecule is CC(C)c1cccc(OCC(=O)NC2(CC(=O)O)CCCC2)c1. The number of aliphatic carboxylic acids is 1. The summed E-state index contributed by atoms with van der Waals surface area (Å²) in [5.74, 6) is -0.0874. The molecule has 5 nitrogen and oxygen atoms in total. The van der Waals surface area contributed by atoms with E-state index in [1.807, 2.05) is 24.3 Å². The van der Waals surface area contributed by atoms with Gasteiger partial charge < -0.3 is 15.2 Å². The third-order valence-electron chi connectivity index (χ3n) is 4.35. The third kappa shape index (κ3) is 4.98. The summed E-state index contributed by atoms with van der Waals surface area (Å²) in [6, 6.07) is 7.69. The molecule has 126 valence electrons. The van der Waals surface area contributed by atoms with Crippen LogP contribution in [-0.4, -0.2) is 29.1 Å². The Morgan fingerprint density at radius 1 is 1.30 bits per heavy atom. The van der Waals surface area contributed by atoms with Crippen LogP contribution in [0.4, 0.5) is 0 Å². The van der Waals surface area contributed by atoms with Crippen molar-refractivity contribution in [3.63, 3.8) is 0 Å². The maximum atomic E-state index is 12.1. The van der Waals surface area contributed by atoms with Crippen molar-refractivity contribution < 1.29 is 19.4 Å². The highest BCUT2D eigenvalue weighted by molar-refractivity contribution is 5.79. The van der Waals surface area contributed by atoms with E-state index in [0.29, 0.717) is 24.5 Å². The van der Waals surface area contributed by atoms with Crippen LogP contribution in [0.1, 0.15) is 57.4 Å². The van der Waals surface area contributed by atoms with Crippen molar-refractivity contribution in [3.8, 4) is 5.75 Å². The van der Waals surface area contributed by atoms with Gasteiger partial charge in [0.05, 0.1) is 12.0 Å². The van der Waals surface area contributed by atoms with Gasteiger partial charge in [0.2, 0.25) is 0 Å². The average Bonchev–Trinajstić information content (AvgIpc) is 2.92. The molecular weight excluding hydrogens is 294 g/mol. The molecule has 1 aliphatic rings. The van der Waals surface area contributed by atoms with Crippen LogP contribution in [-0.2, 0) is 9.59 Å². The van der Waals surface area contributed by atoms with Crippen LogP contribution in [0.25, 0.3) is 0 Å². The standard InChI is InChI=1S/C18H25NO4/c1-13(2)14-6-5-7-15(10-14)23-12-16(20)19-18(11-17(21)22)8-3-4-9-18/h5-7,10,13H,3-4,8-9,11-12H2,1-2H3,(H,19,20)(H,21,22). The maximum absolute atomic E-state index is 12.1. The highest BCUT2D eigenvalue weighted by Gasteiger charge is 2.37. The summed E-state index contributed by atoms with van der Waals surface area (Å²) in [6.45, 7) is 4.10. The first kappa shape index (κ1) is 17.3. The van der Waals surface area contributed by atoms with Gasteiger partial charge in [-0.3, -0.25) is 9.59 Å². The van der Waals surface area contributed by atoms with E-state index in [1.54, 1.807) is 0 Å². The molecule has 23 heavy (non-hydrogen) atoms. The second-order valence-corrected chi connectivity index (χ2v) is 6.62. The Balaban J connectivity index is 1.91. The molecule has 0 bridgehead atoms. The minimum atomic E-state index is -0.877. The van der Waals surface area contributed by atoms with Gasteiger partial charge in [-0.15, -0.1) is 0 Å². The third-order valence-corrected chi connectivity index (χ3v) is 4.35. The van der Waals surface area contributed by atoms with E-state index in [0.717, 1.165) is 18.4 Å². The van der Waals surface area contributed by atoms with Crippen molar-refractivity contribution >= 4 is 11.9 Å². The number of rotatable bonds is 7. The normalized spacial score (nSPS) is 16.3. The highest BCUT2D eigenvalue weighted by atomic mass is 16.5. The lowest BCUT2D eigenvalue weighted by Crippen LogP contribution is -2.49. The minimum Gasteiger partial charge on any atom is -0.484 e. The lowest BCUT2D eigenvalue weighted by atomic mass is 9.93. The molecule has 0 aliphatic heterocycles. The van der Waals surface area contributed by atoms with Crippen LogP contribution >= 0.6 is 0 Å². The maximum Gasteiger partial charge on any atom is 0.305 e. The molecule has 1 aromatic rings. The summed E-state index contributed by atoms with van der Waals surface area (Å²) in [4.78, 5) is 23.2. The van der Waals surface area contributed by atoms with Crippen molar-refractivity contribution in [1.29, 1.82) is 0 Å². The summed E-state index contributed by atoms with van der Waals surface area (Å²) >= 11 is 0. The molecule has 1 saturated carbocycles. The molecule has 0 saturated heterocycles. The van der Waals surface area contributed by atoms with E-state index in [4.69, 9.17) is 9.84 Å². The molecule has 0 heterocycles. The molecule has 1 aromatic carbocycles. The molecule has 2 N–H and O–H groups in total. The number of carbonyl (C=O) groups is 2. The van der Waals surface area contributed by atoms with Gasteiger partial charge in [-0.2, -0.15) is 0 Å². The Morgan fingerprint density at radius 3 is 2.61 bits per heavy atom. The largest absolute Gasteiger partial charge is 0.484 e. The number of ether oxygens (including phenoxy) is 1. The second kappa shape index (κ2) is 7.49. The fourth-order valence-corrected chi connectivity index (χ4v) is 3.13. The molecule has 0 aromatic heterocycles. The first-order valence-corrected chi connectivity index (χ1v) is 8.16. The summed E-state index contributed by atoms with van der Waals surface area (Å²) in [5.41, 5.74) is 0.549. The zero-order valence-electron chi connectivity index (χ0n) is 13.8. The number of carboxylic acid groups (broad SMARTS) is 1.